The van der Waals surface area contributed by atoms with Gasteiger partial charge in [0, 0.05) is 12.3 Å². The number of hydrogen-bond acceptors (Lipinski definition) is 4. The fraction of sp³-hybridized carbons (Fsp3) is 0.619. The van der Waals surface area contributed by atoms with E-state index in [9.17, 15) is 9.59 Å². The molecule has 0 bridgehead atoms. The number of Topliss-reactive ketones (excluding diaryl/α,β-unsaturated/α-hetero) is 1. The van der Waals surface area contributed by atoms with Crippen LogP contribution in [0.4, 0.5) is 5.69 Å². The quantitative estimate of drug-likeness (QED) is 0.810. The zero-order valence-electron chi connectivity index (χ0n) is 15.7. The first-order chi connectivity index (χ1) is 12.7. The zero-order valence-corrected chi connectivity index (χ0v) is 15.7. The lowest BCUT2D eigenvalue weighted by Gasteiger charge is -2.31. The summed E-state index contributed by atoms with van der Waals surface area (Å²) < 4.78 is 5.27. The minimum Gasteiger partial charge on any atom is -0.495 e. The molecule has 0 spiro atoms. The smallest absolute Gasteiger partial charge is 0.238 e. The van der Waals surface area contributed by atoms with Crippen LogP contribution in [0.15, 0.2) is 24.3 Å². The first kappa shape index (κ1) is 18.9. The van der Waals surface area contributed by atoms with Crippen LogP contribution in [0.5, 0.6) is 5.75 Å². The fourth-order valence-corrected chi connectivity index (χ4v) is 4.22. The molecule has 1 saturated heterocycles. The Morgan fingerprint density at radius 3 is 2.50 bits per heavy atom. The average molecular weight is 358 g/mol. The SMILES string of the molecule is COc1ccccc1NC(=O)CN1CCC(C(=O)CC2CCCC2)CC1. The third-order valence-electron chi connectivity index (χ3n) is 5.76. The number of methoxy groups -OCH3 is 1. The molecule has 0 atom stereocenters. The highest BCUT2D eigenvalue weighted by Crippen LogP contribution is 2.30. The van der Waals surface area contributed by atoms with Crippen molar-refractivity contribution in [1.82, 2.24) is 4.90 Å². The van der Waals surface area contributed by atoms with Crippen molar-refractivity contribution in [2.24, 2.45) is 11.8 Å². The van der Waals surface area contributed by atoms with Gasteiger partial charge >= 0.3 is 0 Å². The predicted molar refractivity (Wildman–Crippen MR) is 102 cm³/mol. The van der Waals surface area contributed by atoms with Crippen molar-refractivity contribution in [3.63, 3.8) is 0 Å². The summed E-state index contributed by atoms with van der Waals surface area (Å²) in [5.74, 6) is 1.91. The summed E-state index contributed by atoms with van der Waals surface area (Å²) in [5.41, 5.74) is 0.696. The van der Waals surface area contributed by atoms with Gasteiger partial charge in [-0.15, -0.1) is 0 Å². The monoisotopic (exact) mass is 358 g/mol. The van der Waals surface area contributed by atoms with Gasteiger partial charge in [-0.2, -0.15) is 0 Å². The molecule has 1 aromatic carbocycles. The number of hydrogen-bond donors (Lipinski definition) is 1. The van der Waals surface area contributed by atoms with Crippen molar-refractivity contribution < 1.29 is 14.3 Å². The van der Waals surface area contributed by atoms with E-state index >= 15 is 0 Å². The van der Waals surface area contributed by atoms with Gasteiger partial charge in [0.05, 0.1) is 19.3 Å². The number of nitrogens with one attached hydrogen (secondary N) is 1. The molecule has 1 heterocycles. The Morgan fingerprint density at radius 1 is 1.12 bits per heavy atom. The van der Waals surface area contributed by atoms with Crippen molar-refractivity contribution >= 4 is 17.4 Å². The number of rotatable bonds is 7. The Hall–Kier alpha value is -1.88. The summed E-state index contributed by atoms with van der Waals surface area (Å²) in [4.78, 5) is 26.9. The van der Waals surface area contributed by atoms with Crippen LogP contribution in [-0.4, -0.2) is 43.3 Å². The number of amides is 1. The molecule has 26 heavy (non-hydrogen) atoms. The Labute approximate surface area is 156 Å². The van der Waals surface area contributed by atoms with Gasteiger partial charge in [-0.05, 0) is 44.0 Å². The summed E-state index contributed by atoms with van der Waals surface area (Å²) in [6, 6.07) is 7.42. The Balaban J connectivity index is 1.41. The second kappa shape index (κ2) is 9.17. The molecule has 2 aliphatic rings. The van der Waals surface area contributed by atoms with Gasteiger partial charge in [0.25, 0.3) is 0 Å². The molecule has 2 fully saturated rings. The van der Waals surface area contributed by atoms with E-state index in [1.165, 1.54) is 25.7 Å². The van der Waals surface area contributed by atoms with Crippen molar-refractivity contribution in [3.05, 3.63) is 24.3 Å². The van der Waals surface area contributed by atoms with E-state index < -0.39 is 0 Å². The average Bonchev–Trinajstić information content (AvgIpc) is 3.15. The second-order valence-electron chi connectivity index (χ2n) is 7.62. The fourth-order valence-electron chi connectivity index (χ4n) is 4.22. The Kier molecular flexibility index (Phi) is 6.67. The normalized spacial score (nSPS) is 19.4. The molecule has 1 amide bonds. The van der Waals surface area contributed by atoms with Crippen molar-refractivity contribution in [1.29, 1.82) is 0 Å². The van der Waals surface area contributed by atoms with E-state index in [2.05, 4.69) is 10.2 Å². The largest absolute Gasteiger partial charge is 0.495 e. The topological polar surface area (TPSA) is 58.6 Å². The molecule has 0 radical (unpaired) electrons. The molecule has 0 aromatic heterocycles. The molecule has 5 nitrogen and oxygen atoms in total. The van der Waals surface area contributed by atoms with Crippen LogP contribution >= 0.6 is 0 Å². The highest BCUT2D eigenvalue weighted by Gasteiger charge is 2.28. The van der Waals surface area contributed by atoms with Crippen LogP contribution in [0.1, 0.15) is 44.9 Å². The maximum Gasteiger partial charge on any atom is 0.238 e. The maximum atomic E-state index is 12.5. The van der Waals surface area contributed by atoms with Gasteiger partial charge in [-0.25, -0.2) is 0 Å². The van der Waals surface area contributed by atoms with Gasteiger partial charge < -0.3 is 10.1 Å². The third kappa shape index (κ3) is 5.07. The molecule has 142 valence electrons. The highest BCUT2D eigenvalue weighted by molar-refractivity contribution is 5.93. The summed E-state index contributed by atoms with van der Waals surface area (Å²) >= 11 is 0. The number of para-hydroxylation sites is 2. The third-order valence-corrected chi connectivity index (χ3v) is 5.76. The van der Waals surface area contributed by atoms with Crippen LogP contribution in [-0.2, 0) is 9.59 Å². The maximum absolute atomic E-state index is 12.5. The minimum atomic E-state index is -0.0368. The number of anilines is 1. The highest BCUT2D eigenvalue weighted by atomic mass is 16.5. The number of ketones is 1. The molecule has 5 heteroatoms. The van der Waals surface area contributed by atoms with E-state index in [1.54, 1.807) is 7.11 Å². The zero-order chi connectivity index (χ0) is 18.4. The van der Waals surface area contributed by atoms with Crippen LogP contribution in [0.2, 0.25) is 0 Å². The molecule has 1 N–H and O–H groups in total. The number of nitrogens with zero attached hydrogens (tertiary/aromatic N) is 1. The van der Waals surface area contributed by atoms with E-state index in [0.29, 0.717) is 29.7 Å². The molecule has 1 aliphatic heterocycles. The van der Waals surface area contributed by atoms with Crippen molar-refractivity contribution in [3.8, 4) is 5.75 Å². The van der Waals surface area contributed by atoms with Gasteiger partial charge in [0.2, 0.25) is 5.91 Å². The number of carbonyl (C=O) groups is 2. The second-order valence-corrected chi connectivity index (χ2v) is 7.62. The van der Waals surface area contributed by atoms with Crippen molar-refractivity contribution in [2.45, 2.75) is 44.9 Å². The molecule has 1 aliphatic carbocycles. The lowest BCUT2D eigenvalue weighted by atomic mass is 9.87. The molecular formula is C21H30N2O3. The van der Waals surface area contributed by atoms with E-state index in [-0.39, 0.29) is 11.8 Å². The lowest BCUT2D eigenvalue weighted by molar-refractivity contribution is -0.125. The number of ether oxygens (including phenoxy) is 1. The number of likely N-dealkylation sites (tertiary alicyclic amines) is 1. The standard InChI is InChI=1S/C21H30N2O3/c1-26-20-9-5-4-8-18(20)22-21(25)15-23-12-10-17(11-13-23)19(24)14-16-6-2-3-7-16/h4-5,8-9,16-17H,2-3,6-7,10-15H2,1H3,(H,22,25). The molecule has 1 saturated carbocycles. The lowest BCUT2D eigenvalue weighted by Crippen LogP contribution is -2.41. The van der Waals surface area contributed by atoms with Crippen LogP contribution in [0.3, 0.4) is 0 Å². The summed E-state index contributed by atoms with van der Waals surface area (Å²) in [7, 11) is 1.60. The molecule has 1 aromatic rings. The van der Waals surface area contributed by atoms with Crippen LogP contribution < -0.4 is 10.1 Å². The van der Waals surface area contributed by atoms with Gasteiger partial charge in [0.1, 0.15) is 11.5 Å². The molecular weight excluding hydrogens is 328 g/mol. The summed E-state index contributed by atoms with van der Waals surface area (Å²) in [6.07, 6.45) is 7.58. The van der Waals surface area contributed by atoms with E-state index in [4.69, 9.17) is 4.74 Å². The Bertz CT molecular complexity index is 617. The van der Waals surface area contributed by atoms with E-state index in [0.717, 1.165) is 32.4 Å². The molecule has 3 rings (SSSR count). The van der Waals surface area contributed by atoms with E-state index in [1.807, 2.05) is 24.3 Å². The number of piperidine rings is 1. The van der Waals surface area contributed by atoms with Crippen LogP contribution in [0, 0.1) is 11.8 Å². The predicted octanol–water partition coefficient (Wildman–Crippen LogP) is 3.50. The summed E-state index contributed by atoms with van der Waals surface area (Å²) in [6.45, 7) is 2.00. The minimum absolute atomic E-state index is 0.0368. The summed E-state index contributed by atoms with van der Waals surface area (Å²) in [5, 5.41) is 2.92. The Morgan fingerprint density at radius 2 is 1.81 bits per heavy atom. The van der Waals surface area contributed by atoms with Gasteiger partial charge in [-0.3, -0.25) is 14.5 Å². The van der Waals surface area contributed by atoms with Crippen molar-refractivity contribution in [2.75, 3.05) is 32.1 Å². The van der Waals surface area contributed by atoms with Gasteiger partial charge in [-0.1, -0.05) is 37.8 Å². The first-order valence-corrected chi connectivity index (χ1v) is 9.83. The van der Waals surface area contributed by atoms with Crippen LogP contribution in [0.25, 0.3) is 0 Å². The molecule has 0 unspecified atom stereocenters. The van der Waals surface area contributed by atoms with Gasteiger partial charge in [0.15, 0.2) is 0 Å². The number of benzene rings is 1. The first-order valence-electron chi connectivity index (χ1n) is 9.83. The number of carbonyl (C=O) groups excluding carboxylic acids is 2.